The molecule has 0 radical (unpaired) electrons. The molecular weight excluding hydrogens is 364 g/mol. The maximum Gasteiger partial charge on any atom is 0.264 e. The first-order valence-corrected chi connectivity index (χ1v) is 9.31. The van der Waals surface area contributed by atoms with Crippen molar-refractivity contribution in [1.82, 2.24) is 4.98 Å². The van der Waals surface area contributed by atoms with Gasteiger partial charge in [-0.3, -0.25) is 10.1 Å². The molecule has 0 bridgehead atoms. The van der Waals surface area contributed by atoms with E-state index in [0.29, 0.717) is 17.5 Å². The summed E-state index contributed by atoms with van der Waals surface area (Å²) in [6, 6.07) is 14.8. The quantitative estimate of drug-likeness (QED) is 0.629. The van der Waals surface area contributed by atoms with Crippen LogP contribution in [0, 0.1) is 0 Å². The second kappa shape index (κ2) is 9.05. The molecule has 0 aliphatic heterocycles. The molecule has 1 amide bonds. The predicted octanol–water partition coefficient (Wildman–Crippen LogP) is 4.23. The van der Waals surface area contributed by atoms with Gasteiger partial charge in [-0.2, -0.15) is 0 Å². The highest BCUT2D eigenvalue weighted by Gasteiger charge is 2.09. The Balaban J connectivity index is 1.54. The number of benzene rings is 2. The van der Waals surface area contributed by atoms with Crippen LogP contribution in [0.5, 0.6) is 17.2 Å². The van der Waals surface area contributed by atoms with Crippen molar-refractivity contribution in [2.45, 2.75) is 6.92 Å². The van der Waals surface area contributed by atoms with Crippen LogP contribution in [-0.4, -0.2) is 31.2 Å². The Morgan fingerprint density at radius 1 is 1.07 bits per heavy atom. The second-order valence-electron chi connectivity index (χ2n) is 5.51. The van der Waals surface area contributed by atoms with Crippen LogP contribution in [-0.2, 0) is 4.79 Å². The summed E-state index contributed by atoms with van der Waals surface area (Å²) in [6.45, 7) is 2.43. The van der Waals surface area contributed by atoms with Crippen molar-refractivity contribution in [2.24, 2.45) is 0 Å². The molecule has 0 aliphatic rings. The van der Waals surface area contributed by atoms with Gasteiger partial charge in [-0.15, -0.1) is 11.3 Å². The van der Waals surface area contributed by atoms with E-state index in [9.17, 15) is 4.79 Å². The molecule has 0 aliphatic carbocycles. The van der Waals surface area contributed by atoms with Gasteiger partial charge < -0.3 is 14.2 Å². The largest absolute Gasteiger partial charge is 0.497 e. The summed E-state index contributed by atoms with van der Waals surface area (Å²) < 4.78 is 16.1. The summed E-state index contributed by atoms with van der Waals surface area (Å²) in [6.07, 6.45) is 0. The van der Waals surface area contributed by atoms with Crippen LogP contribution in [0.1, 0.15) is 6.92 Å². The minimum Gasteiger partial charge on any atom is -0.497 e. The zero-order chi connectivity index (χ0) is 19.1. The standard InChI is InChI=1S/C20H20N2O4S/c1-3-25-15-7-9-16(10-8-15)26-12-19(23)22-20-21-18(13-27-20)14-5-4-6-17(11-14)24-2/h4-11,13H,3,12H2,1-2H3,(H,21,22,23). The molecule has 3 rings (SSSR count). The number of hydrogen-bond donors (Lipinski definition) is 1. The molecule has 0 unspecified atom stereocenters. The fraction of sp³-hybridized carbons (Fsp3) is 0.200. The lowest BCUT2D eigenvalue weighted by atomic mass is 10.2. The van der Waals surface area contributed by atoms with Crippen molar-refractivity contribution in [3.05, 3.63) is 53.9 Å². The monoisotopic (exact) mass is 384 g/mol. The molecule has 7 heteroatoms. The predicted molar refractivity (Wildman–Crippen MR) is 106 cm³/mol. The number of aromatic nitrogens is 1. The summed E-state index contributed by atoms with van der Waals surface area (Å²) in [5, 5.41) is 5.16. The lowest BCUT2D eigenvalue weighted by Crippen LogP contribution is -2.20. The minimum atomic E-state index is -0.268. The van der Waals surface area contributed by atoms with Crippen molar-refractivity contribution in [1.29, 1.82) is 0 Å². The lowest BCUT2D eigenvalue weighted by Gasteiger charge is -2.07. The van der Waals surface area contributed by atoms with E-state index in [4.69, 9.17) is 14.2 Å². The van der Waals surface area contributed by atoms with E-state index in [0.717, 1.165) is 22.8 Å². The molecule has 0 spiro atoms. The van der Waals surface area contributed by atoms with Crippen molar-refractivity contribution in [2.75, 3.05) is 25.6 Å². The van der Waals surface area contributed by atoms with Crippen LogP contribution in [0.25, 0.3) is 11.3 Å². The molecule has 27 heavy (non-hydrogen) atoms. The summed E-state index contributed by atoms with van der Waals surface area (Å²) in [5.74, 6) is 1.86. The fourth-order valence-corrected chi connectivity index (χ4v) is 3.08. The molecule has 0 fully saturated rings. The van der Waals surface area contributed by atoms with E-state index in [1.54, 1.807) is 31.4 Å². The van der Waals surface area contributed by atoms with Crippen molar-refractivity contribution >= 4 is 22.4 Å². The van der Waals surface area contributed by atoms with Gasteiger partial charge in [0.2, 0.25) is 0 Å². The third-order valence-electron chi connectivity index (χ3n) is 3.62. The molecule has 0 saturated heterocycles. The van der Waals surface area contributed by atoms with Crippen LogP contribution in [0.15, 0.2) is 53.9 Å². The minimum absolute atomic E-state index is 0.0952. The number of anilines is 1. The highest BCUT2D eigenvalue weighted by atomic mass is 32.1. The van der Waals surface area contributed by atoms with Crippen molar-refractivity contribution in [3.63, 3.8) is 0 Å². The number of rotatable bonds is 8. The Hall–Kier alpha value is -3.06. The van der Waals surface area contributed by atoms with E-state index < -0.39 is 0 Å². The maximum absolute atomic E-state index is 12.1. The van der Waals surface area contributed by atoms with E-state index in [1.807, 2.05) is 36.6 Å². The van der Waals surface area contributed by atoms with Crippen molar-refractivity contribution in [3.8, 4) is 28.5 Å². The highest BCUT2D eigenvalue weighted by Crippen LogP contribution is 2.27. The highest BCUT2D eigenvalue weighted by molar-refractivity contribution is 7.14. The number of carbonyl (C=O) groups excluding carboxylic acids is 1. The molecular formula is C20H20N2O4S. The molecule has 1 N–H and O–H groups in total. The van der Waals surface area contributed by atoms with Gasteiger partial charge in [-0.1, -0.05) is 12.1 Å². The van der Waals surface area contributed by atoms with Gasteiger partial charge in [0.15, 0.2) is 11.7 Å². The third kappa shape index (κ3) is 5.21. The maximum atomic E-state index is 12.1. The molecule has 2 aromatic carbocycles. The van der Waals surface area contributed by atoms with Gasteiger partial charge in [-0.25, -0.2) is 4.98 Å². The van der Waals surface area contributed by atoms with Gasteiger partial charge >= 0.3 is 0 Å². The Bertz CT molecular complexity index is 893. The summed E-state index contributed by atoms with van der Waals surface area (Å²) >= 11 is 1.36. The molecule has 0 saturated carbocycles. The normalized spacial score (nSPS) is 10.3. The average Bonchev–Trinajstić information content (AvgIpc) is 3.16. The number of nitrogens with zero attached hydrogens (tertiary/aromatic N) is 1. The van der Waals surface area contributed by atoms with Gasteiger partial charge in [-0.05, 0) is 43.3 Å². The topological polar surface area (TPSA) is 69.7 Å². The van der Waals surface area contributed by atoms with E-state index in [-0.39, 0.29) is 12.5 Å². The molecule has 6 nitrogen and oxygen atoms in total. The molecule has 1 aromatic heterocycles. The number of carbonyl (C=O) groups is 1. The summed E-state index contributed by atoms with van der Waals surface area (Å²) in [5.41, 5.74) is 1.71. The first-order valence-electron chi connectivity index (χ1n) is 8.43. The Labute approximate surface area is 161 Å². The summed E-state index contributed by atoms with van der Waals surface area (Å²) in [7, 11) is 1.62. The Morgan fingerprint density at radius 3 is 2.52 bits per heavy atom. The lowest BCUT2D eigenvalue weighted by molar-refractivity contribution is -0.118. The first-order chi connectivity index (χ1) is 13.2. The number of hydrogen-bond acceptors (Lipinski definition) is 6. The molecule has 3 aromatic rings. The third-order valence-corrected chi connectivity index (χ3v) is 4.38. The summed E-state index contributed by atoms with van der Waals surface area (Å²) in [4.78, 5) is 16.5. The van der Waals surface area contributed by atoms with E-state index in [1.165, 1.54) is 11.3 Å². The first kappa shape index (κ1) is 18.7. The van der Waals surface area contributed by atoms with Crippen LogP contribution >= 0.6 is 11.3 Å². The van der Waals surface area contributed by atoms with Gasteiger partial charge in [0.25, 0.3) is 5.91 Å². The van der Waals surface area contributed by atoms with Gasteiger partial charge in [0, 0.05) is 10.9 Å². The van der Waals surface area contributed by atoms with Crippen LogP contribution in [0.3, 0.4) is 0 Å². The smallest absolute Gasteiger partial charge is 0.264 e. The second-order valence-corrected chi connectivity index (χ2v) is 6.37. The fourth-order valence-electron chi connectivity index (χ4n) is 2.35. The number of amides is 1. The van der Waals surface area contributed by atoms with Gasteiger partial charge in [0.1, 0.15) is 17.2 Å². The van der Waals surface area contributed by atoms with E-state index in [2.05, 4.69) is 10.3 Å². The van der Waals surface area contributed by atoms with Crippen LogP contribution in [0.2, 0.25) is 0 Å². The number of ether oxygens (including phenoxy) is 3. The number of nitrogens with one attached hydrogen (secondary N) is 1. The van der Waals surface area contributed by atoms with Gasteiger partial charge in [0.05, 0.1) is 19.4 Å². The SMILES string of the molecule is CCOc1ccc(OCC(=O)Nc2nc(-c3cccc(OC)c3)cs2)cc1. The zero-order valence-corrected chi connectivity index (χ0v) is 15.9. The molecule has 1 heterocycles. The van der Waals surface area contributed by atoms with Crippen LogP contribution in [0.4, 0.5) is 5.13 Å². The Morgan fingerprint density at radius 2 is 1.81 bits per heavy atom. The zero-order valence-electron chi connectivity index (χ0n) is 15.1. The van der Waals surface area contributed by atoms with Crippen LogP contribution < -0.4 is 19.5 Å². The number of thiazole rings is 1. The van der Waals surface area contributed by atoms with E-state index >= 15 is 0 Å². The average molecular weight is 384 g/mol. The Kier molecular flexibility index (Phi) is 6.27. The molecule has 140 valence electrons. The molecule has 0 atom stereocenters. The number of methoxy groups -OCH3 is 1. The van der Waals surface area contributed by atoms with Crippen molar-refractivity contribution < 1.29 is 19.0 Å².